The van der Waals surface area contributed by atoms with Crippen LogP contribution in [-0.2, 0) is 4.74 Å². The average molecular weight is 320 g/mol. The maximum atomic E-state index is 11.8. The van der Waals surface area contributed by atoms with Crippen molar-refractivity contribution in [1.29, 1.82) is 0 Å². The number of nitrogens with one attached hydrogen (secondary N) is 2. The van der Waals surface area contributed by atoms with Crippen LogP contribution in [0.25, 0.3) is 0 Å². The van der Waals surface area contributed by atoms with Gasteiger partial charge in [-0.05, 0) is 63.8 Å². The predicted molar refractivity (Wildman–Crippen MR) is 92.0 cm³/mol. The van der Waals surface area contributed by atoms with Crippen molar-refractivity contribution in [2.75, 3.05) is 19.0 Å². The fourth-order valence-corrected chi connectivity index (χ4v) is 2.90. The highest BCUT2D eigenvalue weighted by Gasteiger charge is 2.28. The zero-order valence-electron chi connectivity index (χ0n) is 14.5. The van der Waals surface area contributed by atoms with Gasteiger partial charge in [0.2, 0.25) is 0 Å². The van der Waals surface area contributed by atoms with Gasteiger partial charge < -0.3 is 20.1 Å². The Labute approximate surface area is 138 Å². The minimum absolute atomic E-state index is 0.340. The topological polar surface area (TPSA) is 59.6 Å². The van der Waals surface area contributed by atoms with Gasteiger partial charge in [-0.1, -0.05) is 6.42 Å². The van der Waals surface area contributed by atoms with Crippen LogP contribution >= 0.6 is 0 Å². The highest BCUT2D eigenvalue weighted by atomic mass is 16.6. The highest BCUT2D eigenvalue weighted by molar-refractivity contribution is 5.67. The quantitative estimate of drug-likeness (QED) is 0.866. The number of ether oxygens (including phenoxy) is 2. The predicted octanol–water partition coefficient (Wildman–Crippen LogP) is 3.80. The number of anilines is 1. The monoisotopic (exact) mass is 320 g/mol. The SMILES string of the molecule is COc1ccc(NC2CCCC2CNC(=O)OC(C)(C)C)cc1. The second-order valence-corrected chi connectivity index (χ2v) is 7.05. The van der Waals surface area contributed by atoms with Gasteiger partial charge in [-0.15, -0.1) is 0 Å². The van der Waals surface area contributed by atoms with Crippen molar-refractivity contribution in [2.45, 2.75) is 51.7 Å². The Morgan fingerprint density at radius 2 is 1.91 bits per heavy atom. The molecule has 1 aromatic carbocycles. The number of hydrogen-bond donors (Lipinski definition) is 2. The summed E-state index contributed by atoms with van der Waals surface area (Å²) in [6, 6.07) is 8.32. The van der Waals surface area contributed by atoms with Crippen LogP contribution in [0.15, 0.2) is 24.3 Å². The molecule has 2 N–H and O–H groups in total. The van der Waals surface area contributed by atoms with Crippen LogP contribution in [0.3, 0.4) is 0 Å². The summed E-state index contributed by atoms with van der Waals surface area (Å²) < 4.78 is 10.5. The lowest BCUT2D eigenvalue weighted by atomic mass is 10.0. The van der Waals surface area contributed by atoms with Crippen LogP contribution in [0, 0.1) is 5.92 Å². The maximum Gasteiger partial charge on any atom is 0.407 e. The first-order chi connectivity index (χ1) is 10.9. The van der Waals surface area contributed by atoms with E-state index in [1.54, 1.807) is 7.11 Å². The third kappa shape index (κ3) is 5.66. The largest absolute Gasteiger partial charge is 0.497 e. The van der Waals surface area contributed by atoms with Crippen molar-refractivity contribution in [2.24, 2.45) is 5.92 Å². The standard InChI is InChI=1S/C18H28N2O3/c1-18(2,3)23-17(21)19-12-13-6-5-7-16(13)20-14-8-10-15(22-4)11-9-14/h8-11,13,16,20H,5-7,12H2,1-4H3,(H,19,21). The first-order valence-corrected chi connectivity index (χ1v) is 8.25. The van der Waals surface area contributed by atoms with Crippen LogP contribution in [0.1, 0.15) is 40.0 Å². The van der Waals surface area contributed by atoms with E-state index in [1.807, 2.05) is 45.0 Å². The molecule has 1 aromatic rings. The molecule has 2 atom stereocenters. The lowest BCUT2D eigenvalue weighted by molar-refractivity contribution is 0.0519. The van der Waals surface area contributed by atoms with Crippen molar-refractivity contribution < 1.29 is 14.3 Å². The Kier molecular flexibility index (Phi) is 5.74. The average Bonchev–Trinajstić information content (AvgIpc) is 2.91. The molecule has 0 bridgehead atoms. The molecule has 23 heavy (non-hydrogen) atoms. The number of amides is 1. The number of benzene rings is 1. The van der Waals surface area contributed by atoms with Crippen LogP contribution < -0.4 is 15.4 Å². The van der Waals surface area contributed by atoms with Crippen LogP contribution in [0.5, 0.6) is 5.75 Å². The van der Waals surface area contributed by atoms with E-state index in [2.05, 4.69) is 10.6 Å². The van der Waals surface area contributed by atoms with Gasteiger partial charge in [-0.25, -0.2) is 4.79 Å². The Bertz CT molecular complexity index is 508. The maximum absolute atomic E-state index is 11.8. The summed E-state index contributed by atoms with van der Waals surface area (Å²) in [6.45, 7) is 6.26. The van der Waals surface area contributed by atoms with E-state index in [1.165, 1.54) is 6.42 Å². The molecule has 128 valence electrons. The van der Waals surface area contributed by atoms with Gasteiger partial charge in [0.1, 0.15) is 11.4 Å². The normalized spacial score (nSPS) is 20.9. The smallest absolute Gasteiger partial charge is 0.407 e. The molecule has 2 rings (SSSR count). The van der Waals surface area contributed by atoms with Gasteiger partial charge in [0.05, 0.1) is 7.11 Å². The summed E-state index contributed by atoms with van der Waals surface area (Å²) in [4.78, 5) is 11.8. The lowest BCUT2D eigenvalue weighted by Gasteiger charge is -2.24. The van der Waals surface area contributed by atoms with Gasteiger partial charge in [-0.2, -0.15) is 0 Å². The molecule has 1 aliphatic carbocycles. The third-order valence-corrected chi connectivity index (χ3v) is 4.01. The van der Waals surface area contributed by atoms with E-state index >= 15 is 0 Å². The molecule has 5 heteroatoms. The van der Waals surface area contributed by atoms with Crippen molar-refractivity contribution >= 4 is 11.8 Å². The number of carbonyl (C=O) groups excluding carboxylic acids is 1. The highest BCUT2D eigenvalue weighted by Crippen LogP contribution is 2.28. The van der Waals surface area contributed by atoms with E-state index < -0.39 is 5.60 Å². The van der Waals surface area contributed by atoms with E-state index in [0.29, 0.717) is 18.5 Å². The molecule has 0 heterocycles. The Balaban J connectivity index is 1.83. The van der Waals surface area contributed by atoms with E-state index in [-0.39, 0.29) is 6.09 Å². The molecule has 0 radical (unpaired) electrons. The number of hydrogen-bond acceptors (Lipinski definition) is 4. The summed E-state index contributed by atoms with van der Waals surface area (Å²) in [5, 5.41) is 6.46. The van der Waals surface area contributed by atoms with E-state index in [0.717, 1.165) is 24.3 Å². The second kappa shape index (κ2) is 7.57. The van der Waals surface area contributed by atoms with E-state index in [9.17, 15) is 4.79 Å². The first-order valence-electron chi connectivity index (χ1n) is 8.25. The van der Waals surface area contributed by atoms with Gasteiger partial charge in [-0.3, -0.25) is 0 Å². The minimum atomic E-state index is -0.458. The Morgan fingerprint density at radius 3 is 2.52 bits per heavy atom. The summed E-state index contributed by atoms with van der Waals surface area (Å²) in [5.41, 5.74) is 0.625. The molecule has 0 aliphatic heterocycles. The molecule has 0 aromatic heterocycles. The first kappa shape index (κ1) is 17.4. The molecule has 1 fully saturated rings. The summed E-state index contributed by atoms with van der Waals surface area (Å²) in [6.07, 6.45) is 3.07. The van der Waals surface area contributed by atoms with Gasteiger partial charge in [0.25, 0.3) is 0 Å². The zero-order valence-corrected chi connectivity index (χ0v) is 14.5. The van der Waals surface area contributed by atoms with E-state index in [4.69, 9.17) is 9.47 Å². The number of carbonyl (C=O) groups is 1. The molecule has 0 spiro atoms. The fraction of sp³-hybridized carbons (Fsp3) is 0.611. The second-order valence-electron chi connectivity index (χ2n) is 7.05. The van der Waals surface area contributed by atoms with Crippen LogP contribution in [0.4, 0.5) is 10.5 Å². The Hall–Kier alpha value is -1.91. The summed E-state index contributed by atoms with van der Waals surface area (Å²) >= 11 is 0. The minimum Gasteiger partial charge on any atom is -0.497 e. The van der Waals surface area contributed by atoms with Crippen molar-refractivity contribution in [3.63, 3.8) is 0 Å². The summed E-state index contributed by atoms with van der Waals surface area (Å²) in [7, 11) is 1.66. The molecular weight excluding hydrogens is 292 g/mol. The molecule has 1 aliphatic rings. The van der Waals surface area contributed by atoms with Crippen molar-refractivity contribution in [3.8, 4) is 5.75 Å². The van der Waals surface area contributed by atoms with Crippen molar-refractivity contribution in [1.82, 2.24) is 5.32 Å². The molecule has 1 amide bonds. The van der Waals surface area contributed by atoms with Gasteiger partial charge >= 0.3 is 6.09 Å². The molecular formula is C18H28N2O3. The van der Waals surface area contributed by atoms with Crippen molar-refractivity contribution in [3.05, 3.63) is 24.3 Å². The molecule has 5 nitrogen and oxygen atoms in total. The molecule has 2 unspecified atom stereocenters. The van der Waals surface area contributed by atoms with Crippen LogP contribution in [-0.4, -0.2) is 31.4 Å². The van der Waals surface area contributed by atoms with Crippen LogP contribution in [0.2, 0.25) is 0 Å². The van der Waals surface area contributed by atoms with Gasteiger partial charge in [0.15, 0.2) is 0 Å². The number of alkyl carbamates (subject to hydrolysis) is 1. The number of methoxy groups -OCH3 is 1. The lowest BCUT2D eigenvalue weighted by Crippen LogP contribution is -2.38. The number of rotatable bonds is 5. The molecule has 0 saturated heterocycles. The fourth-order valence-electron chi connectivity index (χ4n) is 2.90. The summed E-state index contributed by atoms with van der Waals surface area (Å²) in [5.74, 6) is 1.27. The van der Waals surface area contributed by atoms with Gasteiger partial charge in [0, 0.05) is 18.3 Å². The molecule has 1 saturated carbocycles. The third-order valence-electron chi connectivity index (χ3n) is 4.01. The Morgan fingerprint density at radius 1 is 1.22 bits per heavy atom. The zero-order chi connectivity index (χ0) is 16.9.